The van der Waals surface area contributed by atoms with E-state index < -0.39 is 0 Å². The van der Waals surface area contributed by atoms with Crippen molar-refractivity contribution in [1.29, 1.82) is 0 Å². The van der Waals surface area contributed by atoms with Crippen LogP contribution in [0.1, 0.15) is 24.8 Å². The summed E-state index contributed by atoms with van der Waals surface area (Å²) >= 11 is 1.99. The Kier molecular flexibility index (Phi) is 4.01. The third-order valence-electron chi connectivity index (χ3n) is 3.79. The van der Waals surface area contributed by atoms with Crippen molar-refractivity contribution >= 4 is 16.8 Å². The van der Waals surface area contributed by atoms with E-state index in [4.69, 9.17) is 4.99 Å². The van der Waals surface area contributed by atoms with Gasteiger partial charge >= 0.3 is 0 Å². The Balaban J connectivity index is 1.54. The Labute approximate surface area is 113 Å². The molecule has 3 heteroatoms. The maximum atomic E-state index is 4.72. The maximum absolute atomic E-state index is 4.72. The Morgan fingerprint density at radius 3 is 2.72 bits per heavy atom. The molecule has 18 heavy (non-hydrogen) atoms. The molecular formula is C15H20N2S. The van der Waals surface area contributed by atoms with E-state index >= 15 is 0 Å². The van der Waals surface area contributed by atoms with Gasteiger partial charge in [0.05, 0.1) is 11.6 Å². The van der Waals surface area contributed by atoms with Crippen molar-refractivity contribution in [2.45, 2.75) is 24.5 Å². The highest BCUT2D eigenvalue weighted by atomic mass is 32.2. The Morgan fingerprint density at radius 2 is 1.94 bits per heavy atom. The summed E-state index contributed by atoms with van der Waals surface area (Å²) in [4.78, 5) is 4.72. The molecule has 0 saturated carbocycles. The van der Waals surface area contributed by atoms with E-state index in [0.717, 1.165) is 12.5 Å². The largest absolute Gasteiger partial charge is 0.317 e. The van der Waals surface area contributed by atoms with Gasteiger partial charge in [0.25, 0.3) is 0 Å². The predicted molar refractivity (Wildman–Crippen MR) is 79.4 cm³/mol. The van der Waals surface area contributed by atoms with Gasteiger partial charge in [-0.05, 0) is 38.3 Å². The number of piperidine rings is 1. The lowest BCUT2D eigenvalue weighted by Gasteiger charge is -2.24. The van der Waals surface area contributed by atoms with Crippen molar-refractivity contribution in [2.75, 3.05) is 19.6 Å². The van der Waals surface area contributed by atoms with Gasteiger partial charge < -0.3 is 5.32 Å². The molecule has 0 spiro atoms. The molecule has 0 aliphatic carbocycles. The van der Waals surface area contributed by atoms with Crippen molar-refractivity contribution in [3.05, 3.63) is 35.9 Å². The number of thioether (sulfide) groups is 1. The molecule has 0 bridgehead atoms. The quantitative estimate of drug-likeness (QED) is 0.903. The van der Waals surface area contributed by atoms with Crippen LogP contribution in [0.4, 0.5) is 0 Å². The molecular weight excluding hydrogens is 240 g/mol. The molecule has 0 radical (unpaired) electrons. The Bertz CT molecular complexity index is 410. The van der Waals surface area contributed by atoms with E-state index in [2.05, 4.69) is 35.6 Å². The number of benzene rings is 1. The van der Waals surface area contributed by atoms with Gasteiger partial charge in [0, 0.05) is 10.8 Å². The van der Waals surface area contributed by atoms with Gasteiger partial charge in [-0.1, -0.05) is 30.3 Å². The van der Waals surface area contributed by atoms with Gasteiger partial charge in [0.2, 0.25) is 0 Å². The average molecular weight is 260 g/mol. The first-order valence-electron chi connectivity index (χ1n) is 6.89. The van der Waals surface area contributed by atoms with E-state index in [1.54, 1.807) is 0 Å². The van der Waals surface area contributed by atoms with E-state index in [9.17, 15) is 0 Å². The molecule has 1 aromatic rings. The molecule has 2 nitrogen and oxygen atoms in total. The number of rotatable bonds is 3. The van der Waals surface area contributed by atoms with Crippen LogP contribution in [0.2, 0.25) is 0 Å². The molecule has 1 N–H and O–H groups in total. The second kappa shape index (κ2) is 5.89. The Hall–Kier alpha value is -0.800. The monoisotopic (exact) mass is 260 g/mol. The lowest BCUT2D eigenvalue weighted by molar-refractivity contribution is 0.353. The highest BCUT2D eigenvalue weighted by Gasteiger charge is 2.24. The van der Waals surface area contributed by atoms with Gasteiger partial charge in [-0.25, -0.2) is 0 Å². The van der Waals surface area contributed by atoms with Gasteiger partial charge in [-0.3, -0.25) is 4.99 Å². The molecule has 1 fully saturated rings. The average Bonchev–Trinajstić information content (AvgIpc) is 2.89. The molecule has 3 rings (SSSR count). The summed E-state index contributed by atoms with van der Waals surface area (Å²) in [5.74, 6) is 0.911. The second-order valence-corrected chi connectivity index (χ2v) is 6.47. The van der Waals surface area contributed by atoms with Crippen LogP contribution in [0.3, 0.4) is 0 Å². The third-order valence-corrected chi connectivity index (χ3v) is 5.06. The molecule has 96 valence electrons. The van der Waals surface area contributed by atoms with Crippen LogP contribution < -0.4 is 5.32 Å². The molecule has 2 aliphatic heterocycles. The fraction of sp³-hybridized carbons (Fsp3) is 0.533. The number of aliphatic imine (C=N–C) groups is 1. The van der Waals surface area contributed by atoms with Crippen LogP contribution in [0.25, 0.3) is 0 Å². The SMILES string of the molecule is c1ccc(C2=NCC(CC3CCNCC3)S2)cc1. The summed E-state index contributed by atoms with van der Waals surface area (Å²) in [6.45, 7) is 3.42. The van der Waals surface area contributed by atoms with Crippen LogP contribution in [-0.2, 0) is 0 Å². The molecule has 1 atom stereocenters. The minimum atomic E-state index is 0.711. The number of hydrogen-bond acceptors (Lipinski definition) is 3. The second-order valence-electron chi connectivity index (χ2n) is 5.18. The number of nitrogens with zero attached hydrogens (tertiary/aromatic N) is 1. The molecule has 1 saturated heterocycles. The van der Waals surface area contributed by atoms with E-state index in [1.807, 2.05) is 11.8 Å². The maximum Gasteiger partial charge on any atom is 0.0980 e. The molecule has 0 aromatic heterocycles. The zero-order chi connectivity index (χ0) is 12.2. The summed E-state index contributed by atoms with van der Waals surface area (Å²) in [6, 6.07) is 10.6. The standard InChI is InChI=1S/C15H20N2S/c1-2-4-13(5-3-1)15-17-11-14(18-15)10-12-6-8-16-9-7-12/h1-5,12,14,16H,6-11H2. The van der Waals surface area contributed by atoms with Crippen LogP contribution in [0.5, 0.6) is 0 Å². The molecule has 2 heterocycles. The Morgan fingerprint density at radius 1 is 1.17 bits per heavy atom. The molecule has 0 amide bonds. The fourth-order valence-electron chi connectivity index (χ4n) is 2.77. The first-order chi connectivity index (χ1) is 8.92. The van der Waals surface area contributed by atoms with E-state index in [1.165, 1.54) is 43.0 Å². The fourth-order valence-corrected chi connectivity index (χ4v) is 4.02. The van der Waals surface area contributed by atoms with Gasteiger partial charge in [-0.2, -0.15) is 0 Å². The zero-order valence-corrected chi connectivity index (χ0v) is 11.5. The summed E-state index contributed by atoms with van der Waals surface area (Å²) in [5, 5.41) is 5.40. The van der Waals surface area contributed by atoms with Gasteiger partial charge in [-0.15, -0.1) is 11.8 Å². The first-order valence-corrected chi connectivity index (χ1v) is 7.77. The van der Waals surface area contributed by atoms with Crippen molar-refractivity contribution in [1.82, 2.24) is 5.32 Å². The van der Waals surface area contributed by atoms with E-state index in [-0.39, 0.29) is 0 Å². The zero-order valence-electron chi connectivity index (χ0n) is 10.6. The summed E-state index contributed by atoms with van der Waals surface area (Å²) in [7, 11) is 0. The van der Waals surface area contributed by atoms with Crippen LogP contribution >= 0.6 is 11.8 Å². The molecule has 2 aliphatic rings. The van der Waals surface area contributed by atoms with Crippen LogP contribution in [0, 0.1) is 5.92 Å². The highest BCUT2D eigenvalue weighted by Crippen LogP contribution is 2.32. The molecule has 1 aromatic carbocycles. The minimum absolute atomic E-state index is 0.711. The normalized spacial score (nSPS) is 25.1. The lowest BCUT2D eigenvalue weighted by Crippen LogP contribution is -2.29. The lowest BCUT2D eigenvalue weighted by atomic mass is 9.93. The number of nitrogens with one attached hydrogen (secondary N) is 1. The first kappa shape index (κ1) is 12.2. The number of hydrogen-bond donors (Lipinski definition) is 1. The van der Waals surface area contributed by atoms with Gasteiger partial charge in [0.1, 0.15) is 0 Å². The summed E-state index contributed by atoms with van der Waals surface area (Å²) < 4.78 is 0. The van der Waals surface area contributed by atoms with Crippen molar-refractivity contribution in [3.63, 3.8) is 0 Å². The summed E-state index contributed by atoms with van der Waals surface area (Å²) in [5.41, 5.74) is 1.29. The van der Waals surface area contributed by atoms with Crippen molar-refractivity contribution < 1.29 is 0 Å². The highest BCUT2D eigenvalue weighted by molar-refractivity contribution is 8.15. The minimum Gasteiger partial charge on any atom is -0.317 e. The van der Waals surface area contributed by atoms with Crippen LogP contribution in [0.15, 0.2) is 35.3 Å². The summed E-state index contributed by atoms with van der Waals surface area (Å²) in [6.07, 6.45) is 4.03. The van der Waals surface area contributed by atoms with Crippen molar-refractivity contribution in [3.8, 4) is 0 Å². The van der Waals surface area contributed by atoms with Gasteiger partial charge in [0.15, 0.2) is 0 Å². The molecule has 1 unspecified atom stereocenters. The van der Waals surface area contributed by atoms with Crippen LogP contribution in [-0.4, -0.2) is 29.9 Å². The predicted octanol–water partition coefficient (Wildman–Crippen LogP) is 2.94. The smallest absolute Gasteiger partial charge is 0.0980 e. The van der Waals surface area contributed by atoms with E-state index in [0.29, 0.717) is 5.25 Å². The third kappa shape index (κ3) is 2.96. The van der Waals surface area contributed by atoms with Crippen molar-refractivity contribution in [2.24, 2.45) is 10.9 Å². The topological polar surface area (TPSA) is 24.4 Å².